The van der Waals surface area contributed by atoms with Crippen LogP contribution in [0.3, 0.4) is 0 Å². The van der Waals surface area contributed by atoms with E-state index in [9.17, 15) is 0 Å². The van der Waals surface area contributed by atoms with Crippen molar-refractivity contribution in [3.63, 3.8) is 0 Å². The van der Waals surface area contributed by atoms with Crippen molar-refractivity contribution in [1.29, 1.82) is 0 Å². The molecular formula is C2H8ClNO. The van der Waals surface area contributed by atoms with E-state index in [1.807, 2.05) is 0 Å². The number of nitrogens with two attached hydrogens (primary N) is 1. The number of alkyl halides is 1. The van der Waals surface area contributed by atoms with Crippen LogP contribution in [0.25, 0.3) is 0 Å². The van der Waals surface area contributed by atoms with Crippen LogP contribution in [0.1, 0.15) is 7.43 Å². The third-order valence-electron chi connectivity index (χ3n) is 0.0630. The van der Waals surface area contributed by atoms with Gasteiger partial charge < -0.3 is 0 Å². The number of hydrogen-bond acceptors (Lipinski definition) is 2. The van der Waals surface area contributed by atoms with Gasteiger partial charge >= 0.3 is 0 Å². The minimum absolute atomic E-state index is 0. The predicted octanol–water partition coefficient (Wildman–Crippen LogP) is 0.709. The molecule has 34 valence electrons. The Balaban J connectivity index is 0. The fourth-order valence-electron chi connectivity index (χ4n) is 0. The maximum Gasteiger partial charge on any atom is 0.142 e. The smallest absolute Gasteiger partial charge is 0.142 e. The lowest BCUT2D eigenvalue weighted by Gasteiger charge is -1.73. The Morgan fingerprint density at radius 1 is 1.80 bits per heavy atom. The van der Waals surface area contributed by atoms with E-state index >= 15 is 0 Å². The zero-order valence-corrected chi connectivity index (χ0v) is 2.83. The molecule has 0 fully saturated rings. The molecule has 2 N–H and O–H groups in total. The minimum atomic E-state index is 0. The molecule has 0 heterocycles. The zero-order chi connectivity index (χ0) is 3.41. The van der Waals surface area contributed by atoms with Gasteiger partial charge in [0.2, 0.25) is 0 Å². The highest BCUT2D eigenvalue weighted by Crippen LogP contribution is 1.63. The van der Waals surface area contributed by atoms with Gasteiger partial charge in [-0.15, -0.1) is 0 Å². The lowest BCUT2D eigenvalue weighted by Crippen LogP contribution is -1.92. The molecule has 0 saturated carbocycles. The highest BCUT2D eigenvalue weighted by Gasteiger charge is 1.54. The van der Waals surface area contributed by atoms with Gasteiger partial charge in [-0.3, -0.25) is 4.84 Å². The quantitative estimate of drug-likeness (QED) is 0.386. The second kappa shape index (κ2) is 8.88. The molecule has 0 unspecified atom stereocenters. The van der Waals surface area contributed by atoms with Crippen molar-refractivity contribution in [2.75, 3.05) is 6.07 Å². The van der Waals surface area contributed by atoms with E-state index in [4.69, 9.17) is 11.6 Å². The zero-order valence-electron chi connectivity index (χ0n) is 2.07. The van der Waals surface area contributed by atoms with Crippen LogP contribution in [-0.2, 0) is 4.84 Å². The fraction of sp³-hybridized carbons (Fsp3) is 1.00. The number of hydrogen-bond donors (Lipinski definition) is 1. The van der Waals surface area contributed by atoms with Crippen LogP contribution in [0.5, 0.6) is 0 Å². The van der Waals surface area contributed by atoms with Gasteiger partial charge in [-0.25, -0.2) is 5.90 Å². The van der Waals surface area contributed by atoms with Crippen molar-refractivity contribution in [2.45, 2.75) is 7.43 Å². The maximum absolute atomic E-state index is 4.84. The lowest BCUT2D eigenvalue weighted by atomic mass is 11.7. The van der Waals surface area contributed by atoms with Crippen molar-refractivity contribution >= 4 is 11.6 Å². The first-order chi connectivity index (χ1) is 1.91. The third kappa shape index (κ3) is 14.0. The van der Waals surface area contributed by atoms with E-state index in [0.717, 1.165) is 0 Å². The topological polar surface area (TPSA) is 35.2 Å². The average molecular weight is 97.5 g/mol. The van der Waals surface area contributed by atoms with E-state index in [-0.39, 0.29) is 13.5 Å². The summed E-state index contributed by atoms with van der Waals surface area (Å²) in [7, 11) is 0. The van der Waals surface area contributed by atoms with Crippen LogP contribution in [0.15, 0.2) is 0 Å². The summed E-state index contributed by atoms with van der Waals surface area (Å²) in [4.78, 5) is 3.81. The van der Waals surface area contributed by atoms with Crippen LogP contribution < -0.4 is 5.90 Å². The molecule has 0 rings (SSSR count). The summed E-state index contributed by atoms with van der Waals surface area (Å²) in [5, 5.41) is 0. The number of halogens is 1. The van der Waals surface area contributed by atoms with Crippen LogP contribution >= 0.6 is 11.6 Å². The summed E-state index contributed by atoms with van der Waals surface area (Å²) in [5.74, 6) is 4.40. The summed E-state index contributed by atoms with van der Waals surface area (Å²) in [5.41, 5.74) is 0. The summed E-state index contributed by atoms with van der Waals surface area (Å²) in [6.45, 7) is 0. The molecule has 0 aromatic carbocycles. The molecule has 0 amide bonds. The molecule has 5 heavy (non-hydrogen) atoms. The summed E-state index contributed by atoms with van der Waals surface area (Å²) in [6.07, 6.45) is 0. The number of rotatable bonds is 1. The molecule has 0 spiro atoms. The lowest BCUT2D eigenvalue weighted by molar-refractivity contribution is 0.186. The van der Waals surface area contributed by atoms with Gasteiger partial charge in [-0.1, -0.05) is 19.0 Å². The molecule has 0 aliphatic rings. The Morgan fingerprint density at radius 2 is 2.00 bits per heavy atom. The predicted molar refractivity (Wildman–Crippen MR) is 22.7 cm³/mol. The second-order valence-electron chi connectivity index (χ2n) is 0.276. The Bertz CT molecular complexity index is 11.6. The van der Waals surface area contributed by atoms with Crippen molar-refractivity contribution in [2.24, 2.45) is 5.90 Å². The van der Waals surface area contributed by atoms with Crippen molar-refractivity contribution in [1.82, 2.24) is 0 Å². The van der Waals surface area contributed by atoms with Gasteiger partial charge in [0.1, 0.15) is 6.07 Å². The van der Waals surface area contributed by atoms with E-state index in [2.05, 4.69) is 10.7 Å². The Kier molecular flexibility index (Phi) is 15.9. The monoisotopic (exact) mass is 97.0 g/mol. The van der Waals surface area contributed by atoms with Gasteiger partial charge in [0.15, 0.2) is 0 Å². The van der Waals surface area contributed by atoms with E-state index in [0.29, 0.717) is 0 Å². The SMILES string of the molecule is C.NOCCl. The van der Waals surface area contributed by atoms with Crippen LogP contribution in [0.2, 0.25) is 0 Å². The third-order valence-corrected chi connectivity index (χ3v) is 0.189. The van der Waals surface area contributed by atoms with Crippen LogP contribution in [0.4, 0.5) is 0 Å². The highest BCUT2D eigenvalue weighted by atomic mass is 35.5. The first kappa shape index (κ1) is 8.96. The molecule has 0 aliphatic carbocycles. The standard InChI is InChI=1S/CH4ClNO.CH4/c2-1-4-3;/h1,3H2;1H4. The van der Waals surface area contributed by atoms with Gasteiger partial charge in [-0.2, -0.15) is 0 Å². The van der Waals surface area contributed by atoms with Crippen LogP contribution in [-0.4, -0.2) is 6.07 Å². The van der Waals surface area contributed by atoms with Crippen LogP contribution in [0, 0.1) is 0 Å². The first-order valence-electron chi connectivity index (χ1n) is 0.792. The van der Waals surface area contributed by atoms with Crippen molar-refractivity contribution in [3.8, 4) is 0 Å². The maximum atomic E-state index is 4.84. The van der Waals surface area contributed by atoms with Crippen molar-refractivity contribution in [3.05, 3.63) is 0 Å². The second-order valence-corrected chi connectivity index (χ2v) is 0.494. The molecule has 0 atom stereocenters. The van der Waals surface area contributed by atoms with Gasteiger partial charge in [-0.05, 0) is 0 Å². The molecule has 3 heteroatoms. The summed E-state index contributed by atoms with van der Waals surface area (Å²) >= 11 is 4.84. The summed E-state index contributed by atoms with van der Waals surface area (Å²) < 4.78 is 0. The molecule has 0 radical (unpaired) electrons. The normalized spacial score (nSPS) is 6.00. The molecule has 0 aromatic rings. The molecule has 0 aliphatic heterocycles. The van der Waals surface area contributed by atoms with Gasteiger partial charge in [0.05, 0.1) is 0 Å². The average Bonchev–Trinajstić information content (AvgIpc) is 1.37. The molecule has 0 saturated heterocycles. The Morgan fingerprint density at radius 3 is 2.00 bits per heavy atom. The Hall–Kier alpha value is 0.210. The van der Waals surface area contributed by atoms with Crippen molar-refractivity contribution < 1.29 is 4.84 Å². The Labute approximate surface area is 36.8 Å². The van der Waals surface area contributed by atoms with E-state index in [1.54, 1.807) is 0 Å². The molecular weight excluding hydrogens is 89.5 g/mol. The largest absolute Gasteiger partial charge is 0.289 e. The highest BCUT2D eigenvalue weighted by molar-refractivity contribution is 6.17. The molecule has 0 aromatic heterocycles. The fourth-order valence-corrected chi connectivity index (χ4v) is 0. The first-order valence-corrected chi connectivity index (χ1v) is 1.33. The van der Waals surface area contributed by atoms with Gasteiger partial charge in [0, 0.05) is 0 Å². The van der Waals surface area contributed by atoms with E-state index in [1.165, 1.54) is 0 Å². The summed E-state index contributed by atoms with van der Waals surface area (Å²) in [6, 6.07) is 0.0694. The minimum Gasteiger partial charge on any atom is -0.289 e. The molecule has 2 nitrogen and oxygen atoms in total. The molecule has 0 bridgehead atoms. The van der Waals surface area contributed by atoms with Gasteiger partial charge in [0.25, 0.3) is 0 Å². The van der Waals surface area contributed by atoms with E-state index < -0.39 is 0 Å².